The Balaban J connectivity index is 3.08. The third-order valence-electron chi connectivity index (χ3n) is 0.915. The van der Waals surface area contributed by atoms with Crippen molar-refractivity contribution >= 4 is 11.7 Å². The van der Waals surface area contributed by atoms with Gasteiger partial charge in [-0.3, -0.25) is 4.79 Å². The monoisotopic (exact) mass is 127 g/mol. The van der Waals surface area contributed by atoms with Gasteiger partial charge in [0.25, 0.3) is 5.91 Å². The maximum Gasteiger partial charge on any atom is 0.269 e. The molecule has 5 heteroatoms. The van der Waals surface area contributed by atoms with Crippen LogP contribution in [0, 0.1) is 0 Å². The minimum atomic E-state index is -0.593. The number of amides is 1. The van der Waals surface area contributed by atoms with Gasteiger partial charge < -0.3 is 16.5 Å². The van der Waals surface area contributed by atoms with Gasteiger partial charge in [-0.25, -0.2) is 4.98 Å². The molecule has 1 aromatic rings. The Hall–Kier alpha value is -1.52. The standard InChI is InChI=1S/C4H6N4O/c5-3-2(4(6)9)7-1-8-3/h1H,5H2,(H2,6,9)(H,7,8)/i6+1. The van der Waals surface area contributed by atoms with Crippen LogP contribution in [0.1, 0.15) is 10.5 Å². The Morgan fingerprint density at radius 3 is 2.67 bits per heavy atom. The number of nitrogen functional groups attached to an aromatic ring is 1. The third-order valence-corrected chi connectivity index (χ3v) is 0.915. The Kier molecular flexibility index (Phi) is 1.11. The van der Waals surface area contributed by atoms with Gasteiger partial charge in [0.05, 0.1) is 6.33 Å². The van der Waals surface area contributed by atoms with Crippen LogP contribution in [-0.2, 0) is 0 Å². The molecule has 0 aliphatic carbocycles. The van der Waals surface area contributed by atoms with E-state index in [-0.39, 0.29) is 11.5 Å². The van der Waals surface area contributed by atoms with E-state index in [0.29, 0.717) is 0 Å². The number of carbonyl (C=O) groups excluding carboxylic acids is 1. The number of primary amides is 1. The van der Waals surface area contributed by atoms with E-state index in [4.69, 9.17) is 11.5 Å². The van der Waals surface area contributed by atoms with Crippen molar-refractivity contribution in [3.05, 3.63) is 12.0 Å². The third kappa shape index (κ3) is 0.835. The van der Waals surface area contributed by atoms with Gasteiger partial charge in [0.1, 0.15) is 5.69 Å². The number of nitrogens with zero attached hydrogens (tertiary/aromatic N) is 1. The highest BCUT2D eigenvalue weighted by Gasteiger charge is 2.05. The first-order chi connectivity index (χ1) is 4.22. The van der Waals surface area contributed by atoms with Crippen LogP contribution in [0.5, 0.6) is 0 Å². The number of anilines is 1. The molecule has 0 aliphatic heterocycles. The zero-order chi connectivity index (χ0) is 6.85. The molecule has 0 aliphatic rings. The smallest absolute Gasteiger partial charge is 0.269 e. The van der Waals surface area contributed by atoms with Gasteiger partial charge in [-0.1, -0.05) is 0 Å². The van der Waals surface area contributed by atoms with Gasteiger partial charge in [-0.15, -0.1) is 0 Å². The Bertz CT molecular complexity index is 228. The molecule has 0 bridgehead atoms. The molecule has 0 radical (unpaired) electrons. The molecule has 5 nitrogen and oxygen atoms in total. The van der Waals surface area contributed by atoms with Crippen LogP contribution in [0.25, 0.3) is 0 Å². The highest BCUT2D eigenvalue weighted by atomic mass is 16.2. The number of nitrogens with one attached hydrogen (secondary N) is 1. The maximum atomic E-state index is 10.4. The number of H-pyrrole nitrogens is 1. The van der Waals surface area contributed by atoms with Crippen molar-refractivity contribution in [2.75, 3.05) is 5.73 Å². The lowest BCUT2D eigenvalue weighted by Crippen LogP contribution is -2.13. The van der Waals surface area contributed by atoms with Gasteiger partial charge >= 0.3 is 0 Å². The van der Waals surface area contributed by atoms with Crippen LogP contribution in [0.15, 0.2) is 6.33 Å². The highest BCUT2D eigenvalue weighted by Crippen LogP contribution is 2.00. The number of nitrogens with two attached hydrogens (primary N) is 2. The SMILES string of the molecule is Nc1nc[nH]c1C([15NH2])=O. The Morgan fingerprint density at radius 2 is 2.44 bits per heavy atom. The lowest BCUT2D eigenvalue weighted by molar-refractivity contribution is 0.0997. The Morgan fingerprint density at radius 1 is 1.78 bits per heavy atom. The lowest BCUT2D eigenvalue weighted by Gasteiger charge is -1.87. The number of hydrogen-bond acceptors (Lipinski definition) is 3. The summed E-state index contributed by atoms with van der Waals surface area (Å²) in [5, 5.41) is 0. The predicted molar refractivity (Wildman–Crippen MR) is 31.5 cm³/mol. The molecule has 0 aromatic carbocycles. The fourth-order valence-corrected chi connectivity index (χ4v) is 0.502. The van der Waals surface area contributed by atoms with E-state index < -0.39 is 5.91 Å². The molecule has 1 amide bonds. The normalized spacial score (nSPS) is 9.33. The number of aromatic amines is 1. The van der Waals surface area contributed by atoms with Gasteiger partial charge in [0, 0.05) is 0 Å². The fraction of sp³-hybridized carbons (Fsp3) is 0. The first kappa shape index (κ1) is 5.61. The van der Waals surface area contributed by atoms with Gasteiger partial charge in [-0.05, 0) is 0 Å². The van der Waals surface area contributed by atoms with Crippen LogP contribution in [-0.4, -0.2) is 15.9 Å². The minimum Gasteiger partial charge on any atom is -0.382 e. The summed E-state index contributed by atoms with van der Waals surface area (Å²) in [6.07, 6.45) is 1.31. The van der Waals surface area contributed by atoms with E-state index in [1.807, 2.05) is 0 Å². The second-order valence-corrected chi connectivity index (χ2v) is 1.53. The maximum absolute atomic E-state index is 10.4. The first-order valence-electron chi connectivity index (χ1n) is 2.30. The molecule has 9 heavy (non-hydrogen) atoms. The summed E-state index contributed by atoms with van der Waals surface area (Å²) in [5.41, 5.74) is 10.2. The number of hydrogen-bond donors (Lipinski definition) is 3. The number of carbonyl (C=O) groups is 1. The van der Waals surface area contributed by atoms with Crippen LogP contribution in [0.2, 0.25) is 0 Å². The number of aromatic nitrogens is 2. The van der Waals surface area contributed by atoms with Crippen molar-refractivity contribution in [3.8, 4) is 0 Å². The molecule has 0 fully saturated rings. The zero-order valence-corrected chi connectivity index (χ0v) is 4.59. The van der Waals surface area contributed by atoms with Crippen molar-refractivity contribution < 1.29 is 4.79 Å². The largest absolute Gasteiger partial charge is 0.382 e. The predicted octanol–water partition coefficient (Wildman–Crippen LogP) is -0.909. The summed E-state index contributed by atoms with van der Waals surface area (Å²) >= 11 is 0. The summed E-state index contributed by atoms with van der Waals surface area (Å²) in [5.74, 6) is -0.451. The van der Waals surface area contributed by atoms with E-state index in [0.717, 1.165) is 0 Å². The fourth-order valence-electron chi connectivity index (χ4n) is 0.502. The van der Waals surface area contributed by atoms with Crippen LogP contribution < -0.4 is 11.5 Å². The molecular weight excluding hydrogens is 121 g/mol. The molecule has 0 atom stereocenters. The molecule has 5 N–H and O–H groups in total. The second kappa shape index (κ2) is 1.77. The number of imidazole rings is 1. The molecule has 0 saturated heterocycles. The summed E-state index contributed by atoms with van der Waals surface area (Å²) in [6.45, 7) is 0. The average molecular weight is 127 g/mol. The Labute approximate surface area is 51.1 Å². The molecule has 0 spiro atoms. The molecule has 1 heterocycles. The van der Waals surface area contributed by atoms with E-state index in [2.05, 4.69) is 9.97 Å². The zero-order valence-electron chi connectivity index (χ0n) is 4.59. The molecule has 0 unspecified atom stereocenters. The van der Waals surface area contributed by atoms with Crippen molar-refractivity contribution in [1.29, 1.82) is 0 Å². The second-order valence-electron chi connectivity index (χ2n) is 1.53. The summed E-state index contributed by atoms with van der Waals surface area (Å²) < 4.78 is 0. The van der Waals surface area contributed by atoms with Crippen molar-refractivity contribution in [1.82, 2.24) is 9.97 Å². The van der Waals surface area contributed by atoms with Gasteiger partial charge in [-0.2, -0.15) is 0 Å². The molecule has 1 rings (SSSR count). The van der Waals surface area contributed by atoms with Crippen LogP contribution >= 0.6 is 0 Å². The van der Waals surface area contributed by atoms with Crippen molar-refractivity contribution in [3.63, 3.8) is 0 Å². The minimum absolute atomic E-state index is 0.141. The van der Waals surface area contributed by atoms with E-state index in [1.54, 1.807) is 0 Å². The lowest BCUT2D eigenvalue weighted by atomic mass is 10.4. The summed E-state index contributed by atoms with van der Waals surface area (Å²) in [6, 6.07) is 0. The summed E-state index contributed by atoms with van der Waals surface area (Å²) in [7, 11) is 0. The first-order valence-corrected chi connectivity index (χ1v) is 2.30. The topological polar surface area (TPSA) is 97.8 Å². The number of rotatable bonds is 1. The van der Waals surface area contributed by atoms with Gasteiger partial charge in [0.2, 0.25) is 0 Å². The molecule has 48 valence electrons. The van der Waals surface area contributed by atoms with E-state index in [9.17, 15) is 4.79 Å². The van der Waals surface area contributed by atoms with Crippen LogP contribution in [0.4, 0.5) is 5.82 Å². The van der Waals surface area contributed by atoms with E-state index >= 15 is 0 Å². The molecular formula is C4H6N4O. The molecule has 0 saturated carbocycles. The van der Waals surface area contributed by atoms with Gasteiger partial charge in [0.15, 0.2) is 5.82 Å². The van der Waals surface area contributed by atoms with Crippen molar-refractivity contribution in [2.45, 2.75) is 0 Å². The summed E-state index contributed by atoms with van der Waals surface area (Å²) in [4.78, 5) is 16.4. The quantitative estimate of drug-likeness (QED) is 0.426. The average Bonchev–Trinajstić information content (AvgIpc) is 2.13. The van der Waals surface area contributed by atoms with E-state index in [1.165, 1.54) is 6.33 Å². The van der Waals surface area contributed by atoms with Crippen molar-refractivity contribution in [2.24, 2.45) is 5.73 Å². The molecule has 1 aromatic heterocycles. The highest BCUT2D eigenvalue weighted by molar-refractivity contribution is 5.94. The van der Waals surface area contributed by atoms with Crippen LogP contribution in [0.3, 0.4) is 0 Å².